The van der Waals surface area contributed by atoms with Gasteiger partial charge in [-0.15, -0.1) is 0 Å². The first kappa shape index (κ1) is 20.2. The van der Waals surface area contributed by atoms with Gasteiger partial charge in [0.25, 0.3) is 0 Å². The molecule has 0 saturated carbocycles. The fraction of sp³-hybridized carbons (Fsp3) is 0.263. The van der Waals surface area contributed by atoms with Crippen LogP contribution >= 0.6 is 23.4 Å². The van der Waals surface area contributed by atoms with Crippen molar-refractivity contribution in [1.29, 1.82) is 0 Å². The number of aliphatic imine (C=N–C) groups is 1. The van der Waals surface area contributed by atoms with Crippen molar-refractivity contribution in [2.24, 2.45) is 4.99 Å². The summed E-state index contributed by atoms with van der Waals surface area (Å²) in [5.41, 5.74) is 1.16. The summed E-state index contributed by atoms with van der Waals surface area (Å²) in [5, 5.41) is 3.69. The van der Waals surface area contributed by atoms with Gasteiger partial charge in [0.2, 0.25) is 5.91 Å². The predicted molar refractivity (Wildman–Crippen MR) is 115 cm³/mol. The lowest BCUT2D eigenvalue weighted by Gasteiger charge is -2.24. The number of halogens is 2. The third kappa shape index (κ3) is 4.73. The molecule has 2 aromatic carbocycles. The zero-order valence-electron chi connectivity index (χ0n) is 15.1. The Balaban J connectivity index is 1.56. The van der Waals surface area contributed by atoms with E-state index in [0.717, 1.165) is 0 Å². The predicted octanol–water partition coefficient (Wildman–Crippen LogP) is 3.19. The smallest absolute Gasteiger partial charge is 0.244 e. The van der Waals surface area contributed by atoms with Crippen molar-refractivity contribution >= 4 is 55.6 Å². The number of carbonyl (C=O) groups excluding carboxylic acids is 1. The molecule has 29 heavy (non-hydrogen) atoms. The third-order valence-electron chi connectivity index (χ3n) is 4.59. The Bertz CT molecular complexity index is 1080. The van der Waals surface area contributed by atoms with Gasteiger partial charge in [-0.05, 0) is 42.5 Å². The van der Waals surface area contributed by atoms with Crippen LogP contribution in [0.4, 0.5) is 15.8 Å². The molecule has 2 aromatic rings. The Labute approximate surface area is 177 Å². The molecule has 4 rings (SSSR count). The average Bonchev–Trinajstić information content (AvgIpc) is 3.15. The van der Waals surface area contributed by atoms with E-state index < -0.39 is 9.84 Å². The van der Waals surface area contributed by atoms with Gasteiger partial charge in [-0.25, -0.2) is 12.8 Å². The van der Waals surface area contributed by atoms with Gasteiger partial charge in [-0.3, -0.25) is 9.79 Å². The normalized spacial score (nSPS) is 22.1. The Hall–Kier alpha value is -2.10. The van der Waals surface area contributed by atoms with Gasteiger partial charge >= 0.3 is 0 Å². The number of sulfone groups is 1. The molecule has 6 nitrogen and oxygen atoms in total. The zero-order valence-corrected chi connectivity index (χ0v) is 17.5. The molecular formula is C19H17ClFN3O3S2. The van der Waals surface area contributed by atoms with Crippen LogP contribution in [0, 0.1) is 5.82 Å². The summed E-state index contributed by atoms with van der Waals surface area (Å²) in [6.45, 7) is -0.0459. The number of benzene rings is 2. The van der Waals surface area contributed by atoms with Gasteiger partial charge in [0.05, 0.1) is 17.5 Å². The minimum Gasteiger partial charge on any atom is -0.325 e. The van der Waals surface area contributed by atoms with Crippen molar-refractivity contribution in [3.05, 3.63) is 59.4 Å². The molecule has 2 aliphatic heterocycles. The number of carbonyl (C=O) groups is 1. The second-order valence-electron chi connectivity index (χ2n) is 6.83. The van der Waals surface area contributed by atoms with Crippen LogP contribution in [0.25, 0.3) is 0 Å². The first-order valence-electron chi connectivity index (χ1n) is 8.82. The molecular weight excluding hydrogens is 437 g/mol. The van der Waals surface area contributed by atoms with Gasteiger partial charge in [-0.1, -0.05) is 29.4 Å². The molecule has 2 atom stereocenters. The maximum Gasteiger partial charge on any atom is 0.244 e. The van der Waals surface area contributed by atoms with Crippen LogP contribution in [0.5, 0.6) is 0 Å². The van der Waals surface area contributed by atoms with E-state index in [1.165, 1.54) is 36.0 Å². The molecule has 0 spiro atoms. The first-order chi connectivity index (χ1) is 13.8. The van der Waals surface area contributed by atoms with Crippen molar-refractivity contribution in [2.75, 3.05) is 28.3 Å². The minimum atomic E-state index is -3.07. The molecule has 1 N–H and O–H groups in total. The van der Waals surface area contributed by atoms with E-state index in [-0.39, 0.29) is 41.1 Å². The summed E-state index contributed by atoms with van der Waals surface area (Å²) in [4.78, 5) is 18.9. The number of nitrogens with zero attached hydrogens (tertiary/aromatic N) is 2. The quantitative estimate of drug-likeness (QED) is 0.769. The highest BCUT2D eigenvalue weighted by Gasteiger charge is 2.44. The fourth-order valence-corrected chi connectivity index (χ4v) is 7.23. The highest BCUT2D eigenvalue weighted by Crippen LogP contribution is 2.37. The van der Waals surface area contributed by atoms with E-state index >= 15 is 0 Å². The Morgan fingerprint density at radius 3 is 2.69 bits per heavy atom. The number of amidine groups is 1. The molecule has 1 saturated heterocycles. The number of hydrogen-bond acceptors (Lipinski definition) is 6. The number of thioether (sulfide) groups is 1. The number of amides is 1. The largest absolute Gasteiger partial charge is 0.325 e. The van der Waals surface area contributed by atoms with Gasteiger partial charge in [0, 0.05) is 21.6 Å². The van der Waals surface area contributed by atoms with Crippen molar-refractivity contribution < 1.29 is 17.6 Å². The lowest BCUT2D eigenvalue weighted by atomic mass is 10.2. The molecule has 0 bridgehead atoms. The lowest BCUT2D eigenvalue weighted by Crippen LogP contribution is -2.36. The molecule has 0 radical (unpaired) electrons. The number of rotatable bonds is 4. The van der Waals surface area contributed by atoms with Crippen molar-refractivity contribution in [3.63, 3.8) is 0 Å². The molecule has 2 heterocycles. The molecule has 0 aliphatic carbocycles. The van der Waals surface area contributed by atoms with Crippen molar-refractivity contribution in [1.82, 2.24) is 0 Å². The van der Waals surface area contributed by atoms with Crippen LogP contribution in [0.3, 0.4) is 0 Å². The van der Waals surface area contributed by atoms with Gasteiger partial charge < -0.3 is 10.2 Å². The second kappa shape index (κ2) is 7.97. The molecule has 1 fully saturated rings. The SMILES string of the molecule is O=C(CN(C1=NC2CS(=O)(=O)CC2S1)c1cccc(Cl)c1)Nc1ccc(F)cc1. The highest BCUT2D eigenvalue weighted by atomic mass is 35.5. The van der Waals surface area contributed by atoms with Crippen molar-refractivity contribution in [3.8, 4) is 0 Å². The van der Waals surface area contributed by atoms with Crippen LogP contribution in [0.15, 0.2) is 53.5 Å². The summed E-state index contributed by atoms with van der Waals surface area (Å²) in [6.07, 6.45) is 0. The average molecular weight is 454 g/mol. The van der Waals surface area contributed by atoms with Crippen molar-refractivity contribution in [2.45, 2.75) is 11.3 Å². The molecule has 0 aromatic heterocycles. The summed E-state index contributed by atoms with van der Waals surface area (Å²) in [6, 6.07) is 12.2. The highest BCUT2D eigenvalue weighted by molar-refractivity contribution is 8.15. The molecule has 10 heteroatoms. The van der Waals surface area contributed by atoms with Gasteiger partial charge in [0.1, 0.15) is 12.4 Å². The lowest BCUT2D eigenvalue weighted by molar-refractivity contribution is -0.114. The van der Waals surface area contributed by atoms with E-state index in [9.17, 15) is 17.6 Å². The van der Waals surface area contributed by atoms with Crippen LogP contribution < -0.4 is 10.2 Å². The molecule has 152 valence electrons. The summed E-state index contributed by atoms with van der Waals surface area (Å²) in [5.74, 6) is -0.592. The number of hydrogen-bond donors (Lipinski definition) is 1. The summed E-state index contributed by atoms with van der Waals surface area (Å²) in [7, 11) is -3.07. The van der Waals surface area contributed by atoms with E-state index in [0.29, 0.717) is 21.6 Å². The molecule has 2 unspecified atom stereocenters. The Morgan fingerprint density at radius 2 is 2.00 bits per heavy atom. The summed E-state index contributed by atoms with van der Waals surface area (Å²) < 4.78 is 36.7. The van der Waals surface area contributed by atoms with Gasteiger partial charge in [0.15, 0.2) is 15.0 Å². The van der Waals surface area contributed by atoms with Crippen LogP contribution in [0.2, 0.25) is 5.02 Å². The van der Waals surface area contributed by atoms with Crippen LogP contribution in [0.1, 0.15) is 0 Å². The van der Waals surface area contributed by atoms with E-state index in [2.05, 4.69) is 10.3 Å². The maximum absolute atomic E-state index is 13.1. The molecule has 1 amide bonds. The number of anilines is 2. The standard InChI is InChI=1S/C19H17ClFN3O3S2/c20-12-2-1-3-15(8-12)24(9-18(25)22-14-6-4-13(21)5-7-14)19-23-16-10-29(26,27)11-17(16)28-19/h1-8,16-17H,9-11H2,(H,22,25). The van der Waals surface area contributed by atoms with Crippen LogP contribution in [-0.4, -0.2) is 48.8 Å². The monoisotopic (exact) mass is 453 g/mol. The Kier molecular flexibility index (Phi) is 5.54. The first-order valence-corrected chi connectivity index (χ1v) is 11.9. The Morgan fingerprint density at radius 1 is 1.24 bits per heavy atom. The van der Waals surface area contributed by atoms with Gasteiger partial charge in [-0.2, -0.15) is 0 Å². The van der Waals surface area contributed by atoms with E-state index in [1.54, 1.807) is 23.1 Å². The van der Waals surface area contributed by atoms with E-state index in [1.807, 2.05) is 6.07 Å². The summed E-state index contributed by atoms with van der Waals surface area (Å²) >= 11 is 7.49. The second-order valence-corrected chi connectivity index (χ2v) is 10.6. The third-order valence-corrected chi connectivity index (χ3v) is 8.07. The van der Waals surface area contributed by atoms with Crippen LogP contribution in [-0.2, 0) is 14.6 Å². The molecule has 2 aliphatic rings. The topological polar surface area (TPSA) is 78.8 Å². The number of fused-ring (bicyclic) bond motifs is 1. The zero-order chi connectivity index (χ0) is 20.6. The number of nitrogens with one attached hydrogen (secondary N) is 1. The van der Waals surface area contributed by atoms with E-state index in [4.69, 9.17) is 11.6 Å². The fourth-order valence-electron chi connectivity index (χ4n) is 3.26. The maximum atomic E-state index is 13.1. The minimum absolute atomic E-state index is 0.0271.